The van der Waals surface area contributed by atoms with E-state index < -0.39 is 30.8 Å². The Hall–Kier alpha value is -3.27. The van der Waals surface area contributed by atoms with Gasteiger partial charge in [-0.2, -0.15) is 0 Å². The van der Waals surface area contributed by atoms with Crippen LogP contribution in [0.1, 0.15) is 5.56 Å². The number of pyridine rings is 1. The van der Waals surface area contributed by atoms with Crippen LogP contribution in [0.5, 0.6) is 11.5 Å². The molecule has 4 nitrogen and oxygen atoms in total. The molecule has 0 radical (unpaired) electrons. The molecule has 10 heteroatoms. The first-order chi connectivity index (χ1) is 14.0. The lowest BCUT2D eigenvalue weighted by molar-refractivity contribution is -0.275. The van der Waals surface area contributed by atoms with E-state index in [0.717, 1.165) is 24.3 Å². The Morgan fingerprint density at radius 1 is 0.700 bits per heavy atom. The Kier molecular flexibility index (Phi) is 5.88. The zero-order chi connectivity index (χ0) is 21.9. The molecule has 0 unspecified atom stereocenters. The molecular formula is C20H13F6NO3. The maximum Gasteiger partial charge on any atom is 0.573 e. The van der Waals surface area contributed by atoms with E-state index in [0.29, 0.717) is 5.56 Å². The molecule has 0 saturated heterocycles. The predicted octanol–water partition coefficient (Wildman–Crippen LogP) is 5.71. The number of ether oxygens (including phenoxy) is 2. The van der Waals surface area contributed by atoms with E-state index in [1.807, 2.05) is 0 Å². The predicted molar refractivity (Wildman–Crippen MR) is 94.4 cm³/mol. The van der Waals surface area contributed by atoms with Gasteiger partial charge in [-0.25, -0.2) is 4.98 Å². The van der Waals surface area contributed by atoms with Crippen LogP contribution in [0.2, 0.25) is 0 Å². The first-order valence-corrected chi connectivity index (χ1v) is 8.36. The van der Waals surface area contributed by atoms with Crippen LogP contribution in [-0.4, -0.2) is 22.8 Å². The summed E-state index contributed by atoms with van der Waals surface area (Å²) in [4.78, 5) is 4.31. The van der Waals surface area contributed by atoms with Crippen molar-refractivity contribution in [1.29, 1.82) is 0 Å². The first-order valence-electron chi connectivity index (χ1n) is 8.36. The second-order valence-corrected chi connectivity index (χ2v) is 6.06. The minimum absolute atomic E-state index is 0.200. The van der Waals surface area contributed by atoms with Crippen LogP contribution in [0.15, 0.2) is 60.7 Å². The van der Waals surface area contributed by atoms with Gasteiger partial charge in [0.2, 0.25) is 0 Å². The van der Waals surface area contributed by atoms with Crippen molar-refractivity contribution in [2.45, 2.75) is 19.3 Å². The largest absolute Gasteiger partial charge is 0.573 e. The topological polar surface area (TPSA) is 51.6 Å². The van der Waals surface area contributed by atoms with Crippen molar-refractivity contribution in [3.8, 4) is 34.0 Å². The summed E-state index contributed by atoms with van der Waals surface area (Å²) >= 11 is 0. The van der Waals surface area contributed by atoms with E-state index in [-0.39, 0.29) is 22.5 Å². The number of alkyl halides is 6. The lowest BCUT2D eigenvalue weighted by Crippen LogP contribution is -2.17. The molecule has 2 aromatic carbocycles. The lowest BCUT2D eigenvalue weighted by atomic mass is 10.0. The number of aliphatic hydroxyl groups excluding tert-OH is 1. The minimum atomic E-state index is -4.87. The van der Waals surface area contributed by atoms with Crippen LogP contribution in [0.25, 0.3) is 22.5 Å². The summed E-state index contributed by atoms with van der Waals surface area (Å²) in [5, 5.41) is 9.52. The quantitative estimate of drug-likeness (QED) is 0.529. The third-order valence-electron chi connectivity index (χ3n) is 3.79. The molecule has 3 aromatic rings. The van der Waals surface area contributed by atoms with Gasteiger partial charge in [0, 0.05) is 11.1 Å². The summed E-state index contributed by atoms with van der Waals surface area (Å²) in [6, 6.07) is 13.0. The lowest BCUT2D eigenvalue weighted by Gasteiger charge is -2.13. The Balaban J connectivity index is 2.01. The van der Waals surface area contributed by atoms with Crippen molar-refractivity contribution in [2.24, 2.45) is 0 Å². The molecule has 158 valence electrons. The molecule has 0 bridgehead atoms. The van der Waals surface area contributed by atoms with Crippen LogP contribution in [0, 0.1) is 0 Å². The zero-order valence-electron chi connectivity index (χ0n) is 15.0. The van der Waals surface area contributed by atoms with Gasteiger partial charge in [-0.3, -0.25) is 0 Å². The molecule has 0 aliphatic carbocycles. The standard InChI is InChI=1S/C20H13F6NO3/c21-19(22,23)29-15-5-1-3-13(9-15)17-7-12(11-28)8-18(27-17)14-4-2-6-16(10-14)30-20(24,25)26/h1-10,28H,11H2. The summed E-state index contributed by atoms with van der Waals surface area (Å²) in [7, 11) is 0. The normalized spacial score (nSPS) is 12.0. The Morgan fingerprint density at radius 3 is 1.50 bits per heavy atom. The fourth-order valence-corrected chi connectivity index (χ4v) is 2.68. The third-order valence-corrected chi connectivity index (χ3v) is 3.79. The van der Waals surface area contributed by atoms with Gasteiger partial charge in [0.15, 0.2) is 0 Å². The van der Waals surface area contributed by atoms with Gasteiger partial charge in [0.1, 0.15) is 11.5 Å². The highest BCUT2D eigenvalue weighted by molar-refractivity contribution is 5.69. The van der Waals surface area contributed by atoms with Gasteiger partial charge in [-0.05, 0) is 42.0 Å². The molecule has 0 spiro atoms. The van der Waals surface area contributed by atoms with E-state index in [1.54, 1.807) is 0 Å². The van der Waals surface area contributed by atoms with Gasteiger partial charge in [-0.15, -0.1) is 26.3 Å². The maximum atomic E-state index is 12.5. The number of benzene rings is 2. The fraction of sp³-hybridized carbons (Fsp3) is 0.150. The molecule has 0 atom stereocenters. The molecule has 0 saturated carbocycles. The van der Waals surface area contributed by atoms with Crippen LogP contribution in [0.4, 0.5) is 26.3 Å². The summed E-state index contributed by atoms with van der Waals surface area (Å²) in [5.74, 6) is -0.920. The van der Waals surface area contributed by atoms with E-state index in [9.17, 15) is 31.4 Å². The molecule has 0 fully saturated rings. The average Bonchev–Trinajstić information content (AvgIpc) is 2.65. The van der Waals surface area contributed by atoms with E-state index in [2.05, 4.69) is 14.5 Å². The van der Waals surface area contributed by atoms with Crippen LogP contribution in [0.3, 0.4) is 0 Å². The average molecular weight is 429 g/mol. The van der Waals surface area contributed by atoms with Crippen LogP contribution < -0.4 is 9.47 Å². The molecule has 30 heavy (non-hydrogen) atoms. The summed E-state index contributed by atoms with van der Waals surface area (Å²) in [5.41, 5.74) is 1.28. The van der Waals surface area contributed by atoms with Gasteiger partial charge in [0.05, 0.1) is 18.0 Å². The van der Waals surface area contributed by atoms with Crippen molar-refractivity contribution in [3.05, 3.63) is 66.2 Å². The monoisotopic (exact) mass is 429 g/mol. The zero-order valence-corrected chi connectivity index (χ0v) is 15.0. The van der Waals surface area contributed by atoms with Gasteiger partial charge < -0.3 is 14.6 Å². The minimum Gasteiger partial charge on any atom is -0.406 e. The first kappa shape index (κ1) is 21.4. The van der Waals surface area contributed by atoms with Crippen molar-refractivity contribution < 1.29 is 40.9 Å². The molecule has 0 aliphatic rings. The molecule has 1 aromatic heterocycles. The van der Waals surface area contributed by atoms with E-state index in [1.165, 1.54) is 36.4 Å². The van der Waals surface area contributed by atoms with Gasteiger partial charge in [0.25, 0.3) is 0 Å². The van der Waals surface area contributed by atoms with Crippen molar-refractivity contribution in [2.75, 3.05) is 0 Å². The van der Waals surface area contributed by atoms with Crippen LogP contribution in [-0.2, 0) is 6.61 Å². The van der Waals surface area contributed by atoms with Crippen molar-refractivity contribution in [1.82, 2.24) is 4.98 Å². The summed E-state index contributed by atoms with van der Waals surface area (Å²) in [6.45, 7) is -0.417. The van der Waals surface area contributed by atoms with Crippen molar-refractivity contribution >= 4 is 0 Å². The van der Waals surface area contributed by atoms with Gasteiger partial charge >= 0.3 is 12.7 Å². The number of hydrogen-bond donors (Lipinski definition) is 1. The Morgan fingerprint density at radius 2 is 1.13 bits per heavy atom. The smallest absolute Gasteiger partial charge is 0.406 e. The van der Waals surface area contributed by atoms with E-state index in [4.69, 9.17) is 0 Å². The highest BCUT2D eigenvalue weighted by atomic mass is 19.4. The molecule has 3 rings (SSSR count). The van der Waals surface area contributed by atoms with Crippen LogP contribution >= 0.6 is 0 Å². The molecule has 1 heterocycles. The van der Waals surface area contributed by atoms with Gasteiger partial charge in [-0.1, -0.05) is 24.3 Å². The third kappa shape index (κ3) is 5.86. The summed E-state index contributed by atoms with van der Waals surface area (Å²) < 4.78 is 82.6. The second kappa shape index (κ2) is 8.23. The number of hydrogen-bond acceptors (Lipinski definition) is 4. The number of rotatable bonds is 5. The Bertz CT molecular complexity index is 956. The molecule has 1 N–H and O–H groups in total. The number of aliphatic hydroxyl groups is 1. The fourth-order valence-electron chi connectivity index (χ4n) is 2.68. The maximum absolute atomic E-state index is 12.5. The molecule has 0 amide bonds. The molecule has 0 aliphatic heterocycles. The summed E-state index contributed by atoms with van der Waals surface area (Å²) in [6.07, 6.45) is -9.74. The van der Waals surface area contributed by atoms with E-state index >= 15 is 0 Å². The SMILES string of the molecule is OCc1cc(-c2cccc(OC(F)(F)F)c2)nc(-c2cccc(OC(F)(F)F)c2)c1. The number of halogens is 6. The highest BCUT2D eigenvalue weighted by Crippen LogP contribution is 2.31. The Labute approximate surface area is 166 Å². The second-order valence-electron chi connectivity index (χ2n) is 6.06. The molecular weight excluding hydrogens is 416 g/mol. The van der Waals surface area contributed by atoms with Crippen molar-refractivity contribution in [3.63, 3.8) is 0 Å². The number of nitrogens with zero attached hydrogens (tertiary/aromatic N) is 1. The number of aromatic nitrogens is 1. The highest BCUT2D eigenvalue weighted by Gasteiger charge is 2.32.